The molecule has 0 saturated heterocycles. The number of nitrogens with zero attached hydrogens (tertiary/aromatic N) is 2. The van der Waals surface area contributed by atoms with Gasteiger partial charge in [-0.2, -0.15) is 0 Å². The van der Waals surface area contributed by atoms with Crippen molar-refractivity contribution < 1.29 is 18.0 Å². The van der Waals surface area contributed by atoms with E-state index in [0.717, 1.165) is 17.1 Å². The Morgan fingerprint density at radius 1 is 0.923 bits per heavy atom. The molecule has 1 N–H and O–H groups in total. The Balaban J connectivity index is 2.03. The van der Waals surface area contributed by atoms with Crippen molar-refractivity contribution in [2.24, 2.45) is 0 Å². The third kappa shape index (κ3) is 7.88. The second kappa shape index (κ2) is 14.0. The average molecular weight is 611 g/mol. The molecule has 0 fully saturated rings. The minimum absolute atomic E-state index is 0.00355. The van der Waals surface area contributed by atoms with Crippen LogP contribution in [0, 0.1) is 0 Å². The van der Waals surface area contributed by atoms with Crippen LogP contribution in [0.1, 0.15) is 32.3 Å². The molecular formula is C28H30Cl3N3O4S. The summed E-state index contributed by atoms with van der Waals surface area (Å²) in [5, 5.41) is 3.78. The Kier molecular flexibility index (Phi) is 11.1. The van der Waals surface area contributed by atoms with Crippen molar-refractivity contribution in [1.29, 1.82) is 0 Å². The largest absolute Gasteiger partial charge is 0.354 e. The lowest BCUT2D eigenvalue weighted by atomic mass is 10.1. The van der Waals surface area contributed by atoms with Crippen LogP contribution in [-0.4, -0.2) is 44.3 Å². The number of benzene rings is 3. The molecule has 0 aliphatic rings. The van der Waals surface area contributed by atoms with Crippen LogP contribution in [0.25, 0.3) is 0 Å². The molecule has 1 atom stereocenters. The van der Waals surface area contributed by atoms with E-state index < -0.39 is 28.5 Å². The van der Waals surface area contributed by atoms with E-state index in [4.69, 9.17) is 34.8 Å². The van der Waals surface area contributed by atoms with Crippen molar-refractivity contribution in [3.8, 4) is 0 Å². The fourth-order valence-electron chi connectivity index (χ4n) is 3.85. The van der Waals surface area contributed by atoms with Crippen LogP contribution in [-0.2, 0) is 26.2 Å². The number of nitrogens with one attached hydrogen (secondary N) is 1. The van der Waals surface area contributed by atoms with Gasteiger partial charge in [-0.05, 0) is 55.8 Å². The molecule has 0 aliphatic carbocycles. The number of unbranched alkanes of at least 4 members (excludes halogenated alkanes) is 1. The molecule has 0 spiro atoms. The highest BCUT2D eigenvalue weighted by molar-refractivity contribution is 7.92. The van der Waals surface area contributed by atoms with Crippen molar-refractivity contribution in [3.63, 3.8) is 0 Å². The van der Waals surface area contributed by atoms with Gasteiger partial charge in [0.2, 0.25) is 11.8 Å². The first-order chi connectivity index (χ1) is 18.6. The van der Waals surface area contributed by atoms with Gasteiger partial charge >= 0.3 is 0 Å². The lowest BCUT2D eigenvalue weighted by Crippen LogP contribution is -2.51. The van der Waals surface area contributed by atoms with Gasteiger partial charge in [0.25, 0.3) is 10.0 Å². The SMILES string of the molecule is CCCCNC(=O)[C@H](C)N(Cc1c(Cl)cccc1Cl)C(=O)CN(c1cccc(Cl)c1)S(=O)(=O)c1ccccc1. The smallest absolute Gasteiger partial charge is 0.264 e. The van der Waals surface area contributed by atoms with Crippen LogP contribution in [0.5, 0.6) is 0 Å². The monoisotopic (exact) mass is 609 g/mol. The van der Waals surface area contributed by atoms with Gasteiger partial charge in [0.15, 0.2) is 0 Å². The second-order valence-electron chi connectivity index (χ2n) is 8.85. The Bertz CT molecular complexity index is 1380. The maximum absolute atomic E-state index is 13.9. The van der Waals surface area contributed by atoms with Crippen molar-refractivity contribution in [3.05, 3.63) is 93.4 Å². The van der Waals surface area contributed by atoms with Crippen molar-refractivity contribution in [1.82, 2.24) is 10.2 Å². The molecule has 3 aromatic rings. The molecule has 3 rings (SSSR count). The molecule has 0 saturated carbocycles. The maximum atomic E-state index is 13.9. The Hall–Kier alpha value is -2.78. The molecule has 0 aliphatic heterocycles. The van der Waals surface area contributed by atoms with Gasteiger partial charge in [0.05, 0.1) is 10.6 Å². The number of anilines is 1. The molecule has 7 nitrogen and oxygen atoms in total. The molecule has 0 radical (unpaired) electrons. The molecule has 2 amide bonds. The number of carbonyl (C=O) groups is 2. The fraction of sp³-hybridized carbons (Fsp3) is 0.286. The summed E-state index contributed by atoms with van der Waals surface area (Å²) in [4.78, 5) is 28.2. The molecule has 11 heteroatoms. The summed E-state index contributed by atoms with van der Waals surface area (Å²) in [5.41, 5.74) is 0.651. The van der Waals surface area contributed by atoms with Crippen LogP contribution < -0.4 is 9.62 Å². The number of rotatable bonds is 12. The standard InChI is InChI=1S/C28H30Cl3N3O4S/c1-3-4-16-32-28(36)20(2)33(18-24-25(30)14-9-15-26(24)31)27(35)19-34(22-11-8-10-21(29)17-22)39(37,38)23-12-6-5-7-13-23/h5-15,17,20H,3-4,16,18-19H2,1-2H3,(H,32,36)/t20-/m0/s1. The van der Waals surface area contributed by atoms with E-state index in [0.29, 0.717) is 27.2 Å². The second-order valence-corrected chi connectivity index (χ2v) is 12.0. The van der Waals surface area contributed by atoms with Gasteiger partial charge in [-0.3, -0.25) is 13.9 Å². The molecule has 3 aromatic carbocycles. The van der Waals surface area contributed by atoms with E-state index in [2.05, 4.69) is 5.32 Å². The van der Waals surface area contributed by atoms with Crippen molar-refractivity contribution in [2.75, 3.05) is 17.4 Å². The summed E-state index contributed by atoms with van der Waals surface area (Å²) in [7, 11) is -4.18. The van der Waals surface area contributed by atoms with Crippen LogP contribution in [0.2, 0.25) is 15.1 Å². The van der Waals surface area contributed by atoms with E-state index >= 15 is 0 Å². The van der Waals surface area contributed by atoms with Gasteiger partial charge < -0.3 is 10.2 Å². The van der Waals surface area contributed by atoms with E-state index in [1.54, 1.807) is 61.5 Å². The summed E-state index contributed by atoms with van der Waals surface area (Å²) in [6.45, 7) is 3.34. The van der Waals surface area contributed by atoms with E-state index in [1.165, 1.54) is 23.1 Å². The summed E-state index contributed by atoms with van der Waals surface area (Å²) >= 11 is 19.0. The topological polar surface area (TPSA) is 86.8 Å². The number of amides is 2. The van der Waals surface area contributed by atoms with E-state index in [9.17, 15) is 18.0 Å². The Labute approximate surface area is 244 Å². The van der Waals surface area contributed by atoms with E-state index in [-0.39, 0.29) is 23.0 Å². The highest BCUT2D eigenvalue weighted by Gasteiger charge is 2.33. The van der Waals surface area contributed by atoms with E-state index in [1.807, 2.05) is 6.92 Å². The minimum Gasteiger partial charge on any atom is -0.354 e. The van der Waals surface area contributed by atoms with Crippen LogP contribution in [0.15, 0.2) is 77.7 Å². The summed E-state index contributed by atoms with van der Waals surface area (Å²) in [6, 6.07) is 18.0. The number of halogens is 3. The zero-order valence-electron chi connectivity index (χ0n) is 21.6. The minimum atomic E-state index is -4.18. The molecule has 0 heterocycles. The third-order valence-corrected chi connectivity index (χ3v) is 8.82. The number of hydrogen-bond acceptors (Lipinski definition) is 4. The van der Waals surface area contributed by atoms with Crippen molar-refractivity contribution >= 4 is 62.3 Å². The van der Waals surface area contributed by atoms with Crippen LogP contribution >= 0.6 is 34.8 Å². The van der Waals surface area contributed by atoms with Crippen LogP contribution in [0.4, 0.5) is 5.69 Å². The van der Waals surface area contributed by atoms with Gasteiger partial charge in [0.1, 0.15) is 12.6 Å². The molecule has 0 bridgehead atoms. The average Bonchev–Trinajstić information content (AvgIpc) is 2.91. The Morgan fingerprint density at radius 3 is 2.18 bits per heavy atom. The molecule has 208 valence electrons. The van der Waals surface area contributed by atoms with Crippen molar-refractivity contribution in [2.45, 2.75) is 44.2 Å². The quantitative estimate of drug-likeness (QED) is 0.248. The molecule has 0 aromatic heterocycles. The number of hydrogen-bond donors (Lipinski definition) is 1. The van der Waals surface area contributed by atoms with Crippen LogP contribution in [0.3, 0.4) is 0 Å². The summed E-state index contributed by atoms with van der Waals surface area (Å²) in [5.74, 6) is -0.996. The lowest BCUT2D eigenvalue weighted by molar-refractivity contribution is -0.139. The number of sulfonamides is 1. The third-order valence-electron chi connectivity index (χ3n) is 6.09. The highest BCUT2D eigenvalue weighted by atomic mass is 35.5. The molecule has 0 unspecified atom stereocenters. The molecule has 39 heavy (non-hydrogen) atoms. The fourth-order valence-corrected chi connectivity index (χ4v) is 5.98. The molecular weight excluding hydrogens is 581 g/mol. The summed E-state index contributed by atoms with van der Waals surface area (Å²) < 4.78 is 28.5. The van der Waals surface area contributed by atoms with Gasteiger partial charge in [-0.1, -0.05) is 78.5 Å². The normalized spacial score (nSPS) is 12.0. The predicted octanol–water partition coefficient (Wildman–Crippen LogP) is 6.18. The summed E-state index contributed by atoms with van der Waals surface area (Å²) in [6.07, 6.45) is 1.67. The Morgan fingerprint density at radius 2 is 1.56 bits per heavy atom. The van der Waals surface area contributed by atoms with Gasteiger partial charge in [-0.15, -0.1) is 0 Å². The predicted molar refractivity (Wildman–Crippen MR) is 157 cm³/mol. The zero-order valence-corrected chi connectivity index (χ0v) is 24.7. The van der Waals surface area contributed by atoms with Gasteiger partial charge in [-0.25, -0.2) is 8.42 Å². The number of carbonyl (C=O) groups excluding carboxylic acids is 2. The first-order valence-corrected chi connectivity index (χ1v) is 15.0. The maximum Gasteiger partial charge on any atom is 0.264 e. The first-order valence-electron chi connectivity index (χ1n) is 12.4. The lowest BCUT2D eigenvalue weighted by Gasteiger charge is -2.32. The van der Waals surface area contributed by atoms with Gasteiger partial charge in [0, 0.05) is 33.7 Å². The first kappa shape index (κ1) is 30.8. The highest BCUT2D eigenvalue weighted by Crippen LogP contribution is 2.29. The zero-order chi connectivity index (χ0) is 28.6.